The van der Waals surface area contributed by atoms with Crippen molar-refractivity contribution in [3.8, 4) is 0 Å². The van der Waals surface area contributed by atoms with Crippen molar-refractivity contribution in [1.29, 1.82) is 0 Å². The van der Waals surface area contributed by atoms with Crippen LogP contribution in [0, 0.1) is 0 Å². The topological polar surface area (TPSA) is 32.3 Å². The number of carbonyl (C=O) groups is 1. The number of hydrogen-bond acceptors (Lipinski definition) is 2. The lowest BCUT2D eigenvalue weighted by Crippen LogP contribution is -2.46. The Morgan fingerprint density at radius 3 is 2.67 bits per heavy atom. The van der Waals surface area contributed by atoms with Crippen molar-refractivity contribution in [2.75, 3.05) is 13.1 Å². The second kappa shape index (κ2) is 5.91. The molecule has 1 aliphatic rings. The zero-order valence-electron chi connectivity index (χ0n) is 9.83. The zero-order chi connectivity index (χ0) is 11.3. The largest absolute Gasteiger partial charge is 0.343 e. The molecule has 0 aromatic carbocycles. The lowest BCUT2D eigenvalue weighted by Gasteiger charge is -2.33. The molecular weight excluding hydrogens is 188 g/mol. The van der Waals surface area contributed by atoms with Gasteiger partial charge in [0.25, 0.3) is 0 Å². The van der Waals surface area contributed by atoms with Crippen LogP contribution in [0.3, 0.4) is 0 Å². The van der Waals surface area contributed by atoms with E-state index in [4.69, 9.17) is 0 Å². The van der Waals surface area contributed by atoms with Crippen LogP contribution in [0.2, 0.25) is 0 Å². The minimum Gasteiger partial charge on any atom is -0.343 e. The second-order valence-electron chi connectivity index (χ2n) is 4.37. The highest BCUT2D eigenvalue weighted by Crippen LogP contribution is 2.11. The molecule has 0 saturated carbocycles. The van der Waals surface area contributed by atoms with E-state index in [1.54, 1.807) is 6.92 Å². The Labute approximate surface area is 92.5 Å². The van der Waals surface area contributed by atoms with Gasteiger partial charge in [0.15, 0.2) is 0 Å². The van der Waals surface area contributed by atoms with Crippen molar-refractivity contribution in [3.05, 3.63) is 12.7 Å². The van der Waals surface area contributed by atoms with Crippen molar-refractivity contribution in [2.45, 2.75) is 45.2 Å². The van der Waals surface area contributed by atoms with Gasteiger partial charge in [0, 0.05) is 32.1 Å². The van der Waals surface area contributed by atoms with Gasteiger partial charge >= 0.3 is 0 Å². The highest BCUT2D eigenvalue weighted by molar-refractivity contribution is 5.73. The molecule has 1 atom stereocenters. The Kier molecular flexibility index (Phi) is 4.82. The summed E-state index contributed by atoms with van der Waals surface area (Å²) in [5.41, 5.74) is 0. The van der Waals surface area contributed by atoms with Gasteiger partial charge in [-0.2, -0.15) is 0 Å². The van der Waals surface area contributed by atoms with E-state index in [0.29, 0.717) is 12.1 Å². The summed E-state index contributed by atoms with van der Waals surface area (Å²) >= 11 is 0. The van der Waals surface area contributed by atoms with Crippen LogP contribution >= 0.6 is 0 Å². The molecule has 1 aliphatic heterocycles. The summed E-state index contributed by atoms with van der Waals surface area (Å²) in [5.74, 6) is 0.201. The minimum absolute atomic E-state index is 0.201. The van der Waals surface area contributed by atoms with Crippen LogP contribution in [0.5, 0.6) is 0 Å². The summed E-state index contributed by atoms with van der Waals surface area (Å²) in [4.78, 5) is 13.0. The van der Waals surface area contributed by atoms with Crippen LogP contribution in [0.15, 0.2) is 12.7 Å². The van der Waals surface area contributed by atoms with Crippen molar-refractivity contribution < 1.29 is 4.79 Å². The van der Waals surface area contributed by atoms with Gasteiger partial charge in [0.2, 0.25) is 5.91 Å². The molecule has 86 valence electrons. The highest BCUT2D eigenvalue weighted by Gasteiger charge is 2.20. The normalized spacial score (nSPS) is 20.0. The summed E-state index contributed by atoms with van der Waals surface area (Å²) in [6.45, 7) is 9.36. The van der Waals surface area contributed by atoms with Gasteiger partial charge < -0.3 is 10.2 Å². The summed E-state index contributed by atoms with van der Waals surface area (Å²) in [6.07, 6.45) is 5.09. The monoisotopic (exact) mass is 210 g/mol. The first-order valence-electron chi connectivity index (χ1n) is 5.76. The Balaban J connectivity index is 2.25. The third-order valence-electron chi connectivity index (χ3n) is 2.98. The molecule has 3 heteroatoms. The molecule has 1 fully saturated rings. The van der Waals surface area contributed by atoms with E-state index in [9.17, 15) is 4.79 Å². The molecule has 0 bridgehead atoms. The molecule has 1 N–H and O–H groups in total. The van der Waals surface area contributed by atoms with E-state index in [1.165, 1.54) is 0 Å². The molecule has 0 aliphatic carbocycles. The first-order valence-corrected chi connectivity index (χ1v) is 5.76. The van der Waals surface area contributed by atoms with Crippen LogP contribution in [0.1, 0.15) is 33.1 Å². The van der Waals surface area contributed by atoms with Gasteiger partial charge in [-0.3, -0.25) is 4.79 Å². The Hall–Kier alpha value is -0.830. The van der Waals surface area contributed by atoms with E-state index in [2.05, 4.69) is 18.8 Å². The molecule has 0 spiro atoms. The average molecular weight is 210 g/mol. The number of nitrogens with zero attached hydrogens (tertiary/aromatic N) is 1. The quantitative estimate of drug-likeness (QED) is 0.714. The highest BCUT2D eigenvalue weighted by atomic mass is 16.2. The van der Waals surface area contributed by atoms with Gasteiger partial charge in [0.05, 0.1) is 0 Å². The fourth-order valence-corrected chi connectivity index (χ4v) is 2.08. The number of likely N-dealkylation sites (tertiary alicyclic amines) is 1. The Bertz CT molecular complexity index is 220. The van der Waals surface area contributed by atoms with Gasteiger partial charge in [-0.05, 0) is 26.2 Å². The standard InChI is InChI=1S/C12H22N2O/c1-4-5-10(2)13-12-6-8-14(9-7-12)11(3)15/h4,10,12-13H,1,5-9H2,2-3H3. The molecule has 0 radical (unpaired) electrons. The van der Waals surface area contributed by atoms with Crippen molar-refractivity contribution in [1.82, 2.24) is 10.2 Å². The number of nitrogens with one attached hydrogen (secondary N) is 1. The molecular formula is C12H22N2O. The maximum absolute atomic E-state index is 11.1. The third-order valence-corrected chi connectivity index (χ3v) is 2.98. The number of piperidine rings is 1. The van der Waals surface area contributed by atoms with Crippen LogP contribution in [-0.2, 0) is 4.79 Å². The molecule has 1 heterocycles. The summed E-state index contributed by atoms with van der Waals surface area (Å²) < 4.78 is 0. The summed E-state index contributed by atoms with van der Waals surface area (Å²) in [7, 11) is 0. The van der Waals surface area contributed by atoms with E-state index >= 15 is 0 Å². The summed E-state index contributed by atoms with van der Waals surface area (Å²) in [5, 5.41) is 3.57. The maximum atomic E-state index is 11.1. The van der Waals surface area contributed by atoms with Crippen LogP contribution in [0.4, 0.5) is 0 Å². The van der Waals surface area contributed by atoms with Crippen LogP contribution < -0.4 is 5.32 Å². The number of amides is 1. The molecule has 1 unspecified atom stereocenters. The molecule has 1 rings (SSSR count). The first kappa shape index (κ1) is 12.2. The molecule has 1 amide bonds. The summed E-state index contributed by atoms with van der Waals surface area (Å²) in [6, 6.07) is 1.06. The van der Waals surface area contributed by atoms with Gasteiger partial charge in [-0.15, -0.1) is 6.58 Å². The molecule has 1 saturated heterocycles. The van der Waals surface area contributed by atoms with Crippen molar-refractivity contribution in [2.24, 2.45) is 0 Å². The second-order valence-corrected chi connectivity index (χ2v) is 4.37. The third kappa shape index (κ3) is 4.04. The predicted octanol–water partition coefficient (Wildman–Crippen LogP) is 1.55. The van der Waals surface area contributed by atoms with Gasteiger partial charge in [-0.25, -0.2) is 0 Å². The zero-order valence-corrected chi connectivity index (χ0v) is 9.83. The molecule has 0 aromatic heterocycles. The van der Waals surface area contributed by atoms with Gasteiger partial charge in [0.1, 0.15) is 0 Å². The number of carbonyl (C=O) groups excluding carboxylic acids is 1. The fourth-order valence-electron chi connectivity index (χ4n) is 2.08. The molecule has 3 nitrogen and oxygen atoms in total. The molecule has 15 heavy (non-hydrogen) atoms. The average Bonchev–Trinajstić information content (AvgIpc) is 2.18. The van der Waals surface area contributed by atoms with Gasteiger partial charge in [-0.1, -0.05) is 6.08 Å². The fraction of sp³-hybridized carbons (Fsp3) is 0.750. The molecule has 0 aromatic rings. The van der Waals surface area contributed by atoms with E-state index in [1.807, 2.05) is 11.0 Å². The smallest absolute Gasteiger partial charge is 0.219 e. The lowest BCUT2D eigenvalue weighted by atomic mass is 10.0. The van der Waals surface area contributed by atoms with E-state index in [-0.39, 0.29) is 5.91 Å². The number of hydrogen-bond donors (Lipinski definition) is 1. The first-order chi connectivity index (χ1) is 7.13. The Morgan fingerprint density at radius 1 is 1.60 bits per heavy atom. The SMILES string of the molecule is C=CCC(C)NC1CCN(C(C)=O)CC1. The van der Waals surface area contributed by atoms with Crippen LogP contribution in [0.25, 0.3) is 0 Å². The van der Waals surface area contributed by atoms with Crippen molar-refractivity contribution >= 4 is 5.91 Å². The number of rotatable bonds is 4. The minimum atomic E-state index is 0.201. The predicted molar refractivity (Wildman–Crippen MR) is 62.7 cm³/mol. The van der Waals surface area contributed by atoms with E-state index < -0.39 is 0 Å². The van der Waals surface area contributed by atoms with Crippen molar-refractivity contribution in [3.63, 3.8) is 0 Å². The van der Waals surface area contributed by atoms with E-state index in [0.717, 1.165) is 32.4 Å². The lowest BCUT2D eigenvalue weighted by molar-refractivity contribution is -0.129. The Morgan fingerprint density at radius 2 is 2.20 bits per heavy atom. The maximum Gasteiger partial charge on any atom is 0.219 e. The van der Waals surface area contributed by atoms with Crippen LogP contribution in [-0.4, -0.2) is 36.0 Å².